The molecular formula is C13H13NO3. The van der Waals surface area contributed by atoms with E-state index in [0.717, 1.165) is 6.21 Å². The maximum absolute atomic E-state index is 11.0. The van der Waals surface area contributed by atoms with E-state index in [2.05, 4.69) is 11.6 Å². The molecule has 0 aliphatic carbocycles. The summed E-state index contributed by atoms with van der Waals surface area (Å²) in [4.78, 5) is 14.8. The van der Waals surface area contributed by atoms with Crippen LogP contribution < -0.4 is 0 Å². The Bertz CT molecular complexity index is 461. The van der Waals surface area contributed by atoms with Gasteiger partial charge >= 0.3 is 5.97 Å². The minimum Gasteiger partial charge on any atom is -0.506 e. The minimum absolute atomic E-state index is 0.238. The standard InChI is InChI=1S/C13H13NO3/c1-2-8-14-9-11(13(16)17)12(15)10-6-4-3-5-7-10/h2-7,9,15H,1,8H2,(H,16,17). The van der Waals surface area contributed by atoms with Gasteiger partial charge in [0.05, 0.1) is 6.54 Å². The maximum Gasteiger partial charge on any atom is 0.341 e. The largest absolute Gasteiger partial charge is 0.506 e. The van der Waals surface area contributed by atoms with Crippen LogP contribution in [0.5, 0.6) is 0 Å². The molecule has 0 amide bonds. The summed E-state index contributed by atoms with van der Waals surface area (Å²) in [6.07, 6.45) is 2.67. The van der Waals surface area contributed by atoms with Crippen LogP contribution in [0, 0.1) is 0 Å². The van der Waals surface area contributed by atoms with E-state index in [1.807, 2.05) is 0 Å². The number of hydrogen-bond acceptors (Lipinski definition) is 3. The molecular weight excluding hydrogens is 218 g/mol. The Labute approximate surface area is 99.3 Å². The Hall–Kier alpha value is -2.36. The molecule has 0 saturated carbocycles. The highest BCUT2D eigenvalue weighted by atomic mass is 16.4. The zero-order chi connectivity index (χ0) is 12.7. The van der Waals surface area contributed by atoms with E-state index in [1.165, 1.54) is 6.08 Å². The second-order valence-corrected chi connectivity index (χ2v) is 3.22. The van der Waals surface area contributed by atoms with Gasteiger partial charge in [-0.1, -0.05) is 36.4 Å². The molecule has 2 N–H and O–H groups in total. The van der Waals surface area contributed by atoms with Gasteiger partial charge in [-0.3, -0.25) is 4.99 Å². The molecule has 0 saturated heterocycles. The van der Waals surface area contributed by atoms with Crippen LogP contribution in [-0.4, -0.2) is 28.9 Å². The average molecular weight is 231 g/mol. The summed E-state index contributed by atoms with van der Waals surface area (Å²) in [6.45, 7) is 3.77. The maximum atomic E-state index is 11.0. The lowest BCUT2D eigenvalue weighted by atomic mass is 10.1. The third-order valence-electron chi connectivity index (χ3n) is 1.99. The molecule has 0 aliphatic rings. The lowest BCUT2D eigenvalue weighted by molar-refractivity contribution is -0.132. The molecule has 4 heteroatoms. The van der Waals surface area contributed by atoms with Crippen LogP contribution >= 0.6 is 0 Å². The number of benzene rings is 1. The smallest absolute Gasteiger partial charge is 0.341 e. The van der Waals surface area contributed by atoms with Gasteiger partial charge in [0.15, 0.2) is 0 Å². The lowest BCUT2D eigenvalue weighted by Crippen LogP contribution is -2.06. The summed E-state index contributed by atoms with van der Waals surface area (Å²) >= 11 is 0. The van der Waals surface area contributed by atoms with Crippen molar-refractivity contribution in [1.29, 1.82) is 0 Å². The van der Waals surface area contributed by atoms with E-state index in [1.54, 1.807) is 30.3 Å². The number of aliphatic imine (C=N–C) groups is 1. The molecule has 0 spiro atoms. The topological polar surface area (TPSA) is 69.9 Å². The summed E-state index contributed by atoms with van der Waals surface area (Å²) in [5.41, 5.74) is 0.202. The lowest BCUT2D eigenvalue weighted by Gasteiger charge is -2.02. The van der Waals surface area contributed by atoms with Crippen molar-refractivity contribution in [3.63, 3.8) is 0 Å². The SMILES string of the molecule is C=CCN=CC(C(=O)O)=C(O)c1ccccc1. The summed E-state index contributed by atoms with van der Waals surface area (Å²) in [5.74, 6) is -1.52. The summed E-state index contributed by atoms with van der Waals surface area (Å²) in [6, 6.07) is 8.46. The van der Waals surface area contributed by atoms with E-state index in [0.29, 0.717) is 12.1 Å². The number of aliphatic hydroxyl groups is 1. The monoisotopic (exact) mass is 231 g/mol. The van der Waals surface area contributed by atoms with Crippen LogP contribution in [0.4, 0.5) is 0 Å². The second-order valence-electron chi connectivity index (χ2n) is 3.22. The molecule has 1 rings (SSSR count). The van der Waals surface area contributed by atoms with Crippen LogP contribution in [-0.2, 0) is 4.79 Å². The van der Waals surface area contributed by atoms with Gasteiger partial charge in [-0.15, -0.1) is 6.58 Å². The molecule has 88 valence electrons. The molecule has 4 nitrogen and oxygen atoms in total. The first-order chi connectivity index (χ1) is 8.16. The molecule has 0 aromatic heterocycles. The zero-order valence-electron chi connectivity index (χ0n) is 9.21. The molecule has 1 aromatic carbocycles. The van der Waals surface area contributed by atoms with E-state index in [4.69, 9.17) is 5.11 Å². The van der Waals surface area contributed by atoms with Crippen LogP contribution in [0.3, 0.4) is 0 Å². The number of carbonyl (C=O) groups is 1. The van der Waals surface area contributed by atoms with Crippen molar-refractivity contribution >= 4 is 17.9 Å². The highest BCUT2D eigenvalue weighted by Crippen LogP contribution is 2.14. The molecule has 0 bridgehead atoms. The first-order valence-electron chi connectivity index (χ1n) is 4.99. The number of carboxylic acids is 1. The molecule has 0 unspecified atom stereocenters. The first-order valence-corrected chi connectivity index (χ1v) is 4.99. The second kappa shape index (κ2) is 6.27. The quantitative estimate of drug-likeness (QED) is 0.353. The van der Waals surface area contributed by atoms with Gasteiger partial charge in [-0.25, -0.2) is 4.79 Å². The number of nitrogens with zero attached hydrogens (tertiary/aromatic N) is 1. The highest BCUT2D eigenvalue weighted by molar-refractivity contribution is 6.14. The Morgan fingerprint density at radius 3 is 2.47 bits per heavy atom. The van der Waals surface area contributed by atoms with Crippen LogP contribution in [0.2, 0.25) is 0 Å². The third-order valence-corrected chi connectivity index (χ3v) is 1.99. The Balaban J connectivity index is 3.11. The normalized spacial score (nSPS) is 12.2. The van der Waals surface area contributed by atoms with Gasteiger partial charge in [-0.2, -0.15) is 0 Å². The van der Waals surface area contributed by atoms with Crippen molar-refractivity contribution in [1.82, 2.24) is 0 Å². The van der Waals surface area contributed by atoms with E-state index >= 15 is 0 Å². The molecule has 1 aromatic rings. The van der Waals surface area contributed by atoms with Crippen LogP contribution in [0.15, 0.2) is 53.6 Å². The third kappa shape index (κ3) is 3.61. The number of carboxylic acid groups (broad SMARTS) is 1. The summed E-state index contributed by atoms with van der Waals surface area (Å²) < 4.78 is 0. The number of aliphatic hydroxyl groups excluding tert-OH is 1. The Morgan fingerprint density at radius 2 is 1.94 bits per heavy atom. The van der Waals surface area contributed by atoms with Crippen molar-refractivity contribution in [2.24, 2.45) is 4.99 Å². The van der Waals surface area contributed by atoms with Gasteiger partial charge in [0.25, 0.3) is 0 Å². The van der Waals surface area contributed by atoms with Gasteiger partial charge in [0.1, 0.15) is 11.3 Å². The van der Waals surface area contributed by atoms with Crippen molar-refractivity contribution in [3.8, 4) is 0 Å². The molecule has 0 atom stereocenters. The molecule has 0 heterocycles. The van der Waals surface area contributed by atoms with Gasteiger partial charge in [0.2, 0.25) is 0 Å². The molecule has 0 radical (unpaired) electrons. The van der Waals surface area contributed by atoms with Crippen LogP contribution in [0.25, 0.3) is 5.76 Å². The van der Waals surface area contributed by atoms with Gasteiger partial charge < -0.3 is 10.2 Å². The van der Waals surface area contributed by atoms with Gasteiger partial charge in [-0.05, 0) is 0 Å². The average Bonchev–Trinajstić information content (AvgIpc) is 2.34. The fourth-order valence-electron chi connectivity index (χ4n) is 1.19. The zero-order valence-corrected chi connectivity index (χ0v) is 9.21. The highest BCUT2D eigenvalue weighted by Gasteiger charge is 2.12. The molecule has 17 heavy (non-hydrogen) atoms. The van der Waals surface area contributed by atoms with Gasteiger partial charge in [0, 0.05) is 11.8 Å². The van der Waals surface area contributed by atoms with E-state index in [-0.39, 0.29) is 11.3 Å². The molecule has 0 fully saturated rings. The number of aliphatic carboxylic acids is 1. The first kappa shape index (κ1) is 12.7. The Kier molecular flexibility index (Phi) is 4.69. The van der Waals surface area contributed by atoms with Crippen molar-refractivity contribution < 1.29 is 15.0 Å². The molecule has 0 aliphatic heterocycles. The minimum atomic E-state index is -1.22. The van der Waals surface area contributed by atoms with Crippen molar-refractivity contribution in [3.05, 3.63) is 54.1 Å². The van der Waals surface area contributed by atoms with Crippen molar-refractivity contribution in [2.45, 2.75) is 0 Å². The fraction of sp³-hybridized carbons (Fsp3) is 0.0769. The fourth-order valence-corrected chi connectivity index (χ4v) is 1.19. The Morgan fingerprint density at radius 1 is 1.29 bits per heavy atom. The van der Waals surface area contributed by atoms with E-state index in [9.17, 15) is 9.90 Å². The van der Waals surface area contributed by atoms with Crippen LogP contribution in [0.1, 0.15) is 5.56 Å². The predicted molar refractivity (Wildman–Crippen MR) is 67.2 cm³/mol. The predicted octanol–water partition coefficient (Wildman–Crippen LogP) is 2.30. The van der Waals surface area contributed by atoms with E-state index < -0.39 is 5.97 Å². The number of rotatable bonds is 5. The summed E-state index contributed by atoms with van der Waals surface area (Å²) in [5, 5.41) is 18.8. The summed E-state index contributed by atoms with van der Waals surface area (Å²) in [7, 11) is 0. The number of hydrogen-bond donors (Lipinski definition) is 2. The van der Waals surface area contributed by atoms with Crippen molar-refractivity contribution in [2.75, 3.05) is 6.54 Å².